The Morgan fingerprint density at radius 2 is 1.74 bits per heavy atom. The molecule has 38 heavy (non-hydrogen) atoms. The van der Waals surface area contributed by atoms with Crippen LogP contribution in [0.15, 0.2) is 39.3 Å². The van der Waals surface area contributed by atoms with Gasteiger partial charge in [0.05, 0.1) is 24.1 Å². The predicted octanol–water partition coefficient (Wildman–Crippen LogP) is 3.01. The van der Waals surface area contributed by atoms with Crippen molar-refractivity contribution in [2.45, 2.75) is 120 Å². The van der Waals surface area contributed by atoms with Gasteiger partial charge in [-0.3, -0.25) is 0 Å². The molecule has 1 saturated heterocycles. The first-order chi connectivity index (χ1) is 18.0. The predicted molar refractivity (Wildman–Crippen MR) is 138 cm³/mol. The lowest BCUT2D eigenvalue weighted by Gasteiger charge is -2.62. The van der Waals surface area contributed by atoms with Crippen molar-refractivity contribution < 1.29 is 34.3 Å². The number of hydrogen-bond donors (Lipinski definition) is 4. The molecule has 0 bridgehead atoms. The Balaban J connectivity index is 1.21. The standard InChI is InChI=1S/C30H42O8/c1-16-24(32)25(33)26(34)27(37-16)38-19-8-11-28(2)18(14-19)5-6-22-21(28)9-12-29(3)20(10-13-30(22,29)35)17-4-7-23(31)36-15-17/h4,7,14-16,19-22,24-27,32-35H,5-6,8-13H2,1-3H3/t16-,19-,20+,21?,22?,24-,25+,26+,27?,28-,29+,30-/m0/s1. The third-order valence-corrected chi connectivity index (χ3v) is 11.5. The maximum atomic E-state index is 12.4. The Morgan fingerprint density at radius 3 is 2.47 bits per heavy atom. The van der Waals surface area contributed by atoms with Crippen LogP contribution in [0.2, 0.25) is 0 Å². The van der Waals surface area contributed by atoms with Gasteiger partial charge in [0.25, 0.3) is 0 Å². The average Bonchev–Trinajstić information content (AvgIpc) is 3.18. The van der Waals surface area contributed by atoms with E-state index in [-0.39, 0.29) is 34.4 Å². The van der Waals surface area contributed by atoms with Crippen molar-refractivity contribution in [1.82, 2.24) is 0 Å². The van der Waals surface area contributed by atoms with Crippen molar-refractivity contribution in [1.29, 1.82) is 0 Å². The van der Waals surface area contributed by atoms with E-state index in [1.54, 1.807) is 13.2 Å². The summed E-state index contributed by atoms with van der Waals surface area (Å²) in [5, 5.41) is 43.0. The van der Waals surface area contributed by atoms with Crippen LogP contribution in [0.25, 0.3) is 0 Å². The second-order valence-electron chi connectivity index (χ2n) is 13.1. The number of fused-ring (bicyclic) bond motifs is 5. The summed E-state index contributed by atoms with van der Waals surface area (Å²) in [5.74, 6) is 0.759. The van der Waals surface area contributed by atoms with Crippen LogP contribution in [-0.2, 0) is 9.47 Å². The summed E-state index contributed by atoms with van der Waals surface area (Å²) in [6.45, 7) is 6.26. The maximum Gasteiger partial charge on any atom is 0.335 e. The second-order valence-corrected chi connectivity index (χ2v) is 13.1. The number of allylic oxidation sites excluding steroid dienone is 1. The third kappa shape index (κ3) is 3.82. The number of aliphatic hydroxyl groups excluding tert-OH is 3. The fourth-order valence-electron chi connectivity index (χ4n) is 9.17. The van der Waals surface area contributed by atoms with Crippen LogP contribution in [-0.4, -0.2) is 62.8 Å². The van der Waals surface area contributed by atoms with E-state index < -0.39 is 36.3 Å². The lowest BCUT2D eigenvalue weighted by Crippen LogP contribution is -2.60. The van der Waals surface area contributed by atoms with Gasteiger partial charge in [-0.15, -0.1) is 0 Å². The highest BCUT2D eigenvalue weighted by Crippen LogP contribution is 2.70. The number of aliphatic hydroxyl groups is 4. The van der Waals surface area contributed by atoms with Gasteiger partial charge in [-0.05, 0) is 93.1 Å². The van der Waals surface area contributed by atoms with E-state index >= 15 is 0 Å². The molecule has 2 heterocycles. The summed E-state index contributed by atoms with van der Waals surface area (Å²) >= 11 is 0. The van der Waals surface area contributed by atoms with Crippen LogP contribution in [0.4, 0.5) is 0 Å². The quantitative estimate of drug-likeness (QED) is 0.439. The molecule has 4 aliphatic carbocycles. The largest absolute Gasteiger partial charge is 0.431 e. The van der Waals surface area contributed by atoms with Crippen molar-refractivity contribution in [2.24, 2.45) is 22.7 Å². The molecular weight excluding hydrogens is 488 g/mol. The molecule has 4 N–H and O–H groups in total. The highest BCUT2D eigenvalue weighted by Gasteiger charge is 2.66. The lowest BCUT2D eigenvalue weighted by molar-refractivity contribution is -0.301. The summed E-state index contributed by atoms with van der Waals surface area (Å²) in [5.41, 5.74) is 0.991. The molecule has 3 unspecified atom stereocenters. The van der Waals surface area contributed by atoms with Gasteiger partial charge in [0.15, 0.2) is 6.29 Å². The van der Waals surface area contributed by atoms with E-state index in [9.17, 15) is 25.2 Å². The molecule has 0 radical (unpaired) electrons. The van der Waals surface area contributed by atoms with Gasteiger partial charge in [0.2, 0.25) is 0 Å². The fraction of sp³-hybridized carbons (Fsp3) is 0.767. The Morgan fingerprint density at radius 1 is 0.947 bits per heavy atom. The van der Waals surface area contributed by atoms with E-state index in [2.05, 4.69) is 19.9 Å². The van der Waals surface area contributed by atoms with Crippen molar-refractivity contribution in [2.75, 3.05) is 0 Å². The monoisotopic (exact) mass is 530 g/mol. The molecule has 0 aromatic carbocycles. The van der Waals surface area contributed by atoms with Gasteiger partial charge >= 0.3 is 5.63 Å². The van der Waals surface area contributed by atoms with Gasteiger partial charge in [-0.25, -0.2) is 4.79 Å². The second kappa shape index (κ2) is 9.25. The first-order valence-electron chi connectivity index (χ1n) is 14.4. The molecule has 0 amide bonds. The van der Waals surface area contributed by atoms with Gasteiger partial charge in [-0.2, -0.15) is 0 Å². The normalized spacial score (nSPS) is 50.5. The van der Waals surface area contributed by atoms with Crippen LogP contribution in [0.1, 0.15) is 83.6 Å². The molecule has 4 fully saturated rings. The molecule has 3 saturated carbocycles. The minimum Gasteiger partial charge on any atom is -0.431 e. The van der Waals surface area contributed by atoms with Crippen LogP contribution < -0.4 is 5.63 Å². The molecule has 210 valence electrons. The molecule has 8 nitrogen and oxygen atoms in total. The lowest BCUT2D eigenvalue weighted by atomic mass is 9.45. The molecule has 6 rings (SSSR count). The number of ether oxygens (including phenoxy) is 2. The van der Waals surface area contributed by atoms with Crippen molar-refractivity contribution in [3.8, 4) is 0 Å². The van der Waals surface area contributed by atoms with Crippen molar-refractivity contribution >= 4 is 0 Å². The molecule has 8 heteroatoms. The minimum absolute atomic E-state index is 0.0213. The van der Waals surface area contributed by atoms with Gasteiger partial charge in [-0.1, -0.05) is 25.5 Å². The SMILES string of the molecule is C[C@@H]1OC(O[C@@H]2C=C3CCC4C(CC[C@]5(C)[C@@H](c6ccc(=O)oc6)CC[C@]45O)[C@@]3(C)CC2)[C@H](O)[C@H](O)[C@H]1O. The van der Waals surface area contributed by atoms with E-state index in [1.165, 1.54) is 11.6 Å². The zero-order valence-corrected chi connectivity index (χ0v) is 22.6. The van der Waals surface area contributed by atoms with E-state index in [0.717, 1.165) is 56.9 Å². The first-order valence-corrected chi connectivity index (χ1v) is 14.4. The van der Waals surface area contributed by atoms with Crippen molar-refractivity contribution in [3.63, 3.8) is 0 Å². The molecule has 1 aromatic rings. The highest BCUT2D eigenvalue weighted by molar-refractivity contribution is 5.31. The Hall–Kier alpha value is -1.55. The van der Waals surface area contributed by atoms with E-state index in [1.807, 2.05) is 6.07 Å². The molecule has 5 aliphatic rings. The number of rotatable bonds is 3. The maximum absolute atomic E-state index is 12.4. The zero-order valence-electron chi connectivity index (χ0n) is 22.6. The summed E-state index contributed by atoms with van der Waals surface area (Å²) in [6.07, 6.45) is 5.32. The molecule has 1 aromatic heterocycles. The smallest absolute Gasteiger partial charge is 0.335 e. The van der Waals surface area contributed by atoms with Crippen LogP contribution in [0.3, 0.4) is 0 Å². The summed E-state index contributed by atoms with van der Waals surface area (Å²) < 4.78 is 17.0. The zero-order chi connectivity index (χ0) is 27.0. The molecule has 12 atom stereocenters. The summed E-state index contributed by atoms with van der Waals surface area (Å²) in [7, 11) is 0. The van der Waals surface area contributed by atoms with Crippen molar-refractivity contribution in [3.05, 3.63) is 46.0 Å². The summed E-state index contributed by atoms with van der Waals surface area (Å²) in [4.78, 5) is 11.5. The van der Waals surface area contributed by atoms with Crippen LogP contribution in [0.5, 0.6) is 0 Å². The topological polar surface area (TPSA) is 130 Å². The van der Waals surface area contributed by atoms with Gasteiger partial charge < -0.3 is 34.3 Å². The van der Waals surface area contributed by atoms with Crippen LogP contribution >= 0.6 is 0 Å². The fourth-order valence-corrected chi connectivity index (χ4v) is 9.17. The average molecular weight is 531 g/mol. The van der Waals surface area contributed by atoms with Gasteiger partial charge in [0.1, 0.15) is 18.3 Å². The highest BCUT2D eigenvalue weighted by atomic mass is 16.7. The van der Waals surface area contributed by atoms with Crippen LogP contribution in [0, 0.1) is 22.7 Å². The van der Waals surface area contributed by atoms with Gasteiger partial charge in [0, 0.05) is 11.5 Å². The van der Waals surface area contributed by atoms with E-state index in [0.29, 0.717) is 5.92 Å². The molecular formula is C30H42O8. The Kier molecular flexibility index (Phi) is 6.49. The van der Waals surface area contributed by atoms with E-state index in [4.69, 9.17) is 13.9 Å². The molecule has 1 aliphatic heterocycles. The third-order valence-electron chi connectivity index (χ3n) is 11.5. The Bertz CT molecular complexity index is 1130. The minimum atomic E-state index is -1.31. The molecule has 0 spiro atoms. The number of hydrogen-bond acceptors (Lipinski definition) is 8. The Labute approximate surface area is 223 Å². The summed E-state index contributed by atoms with van der Waals surface area (Å²) in [6, 6.07) is 3.36. The first kappa shape index (κ1) is 26.7.